The number of carbonyl (C=O) groups is 2. The van der Waals surface area contributed by atoms with Crippen LogP contribution in [0.1, 0.15) is 36.8 Å². The molecule has 0 aromatic heterocycles. The molecular formula is C40H60Cl4N6O2+2. The summed E-state index contributed by atoms with van der Waals surface area (Å²) >= 11 is 23.9. The Hall–Kier alpha value is -1.94. The largest absolute Gasteiger partial charge is 0.369 e. The van der Waals surface area contributed by atoms with Gasteiger partial charge in [0.05, 0.1) is 52.4 Å². The van der Waals surface area contributed by atoms with Crippen molar-refractivity contribution in [3.05, 3.63) is 59.7 Å². The Morgan fingerprint density at radius 2 is 0.808 bits per heavy atom. The van der Waals surface area contributed by atoms with Gasteiger partial charge in [0.1, 0.15) is 26.2 Å². The van der Waals surface area contributed by atoms with Crippen LogP contribution >= 0.6 is 46.4 Å². The lowest BCUT2D eigenvalue weighted by Crippen LogP contribution is -2.73. The first-order valence-corrected chi connectivity index (χ1v) is 21.6. The van der Waals surface area contributed by atoms with Gasteiger partial charge in [-0.1, -0.05) is 24.3 Å². The molecule has 3 aliphatic rings. The van der Waals surface area contributed by atoms with Gasteiger partial charge in [0, 0.05) is 73.9 Å². The fourth-order valence-electron chi connectivity index (χ4n) is 8.34. The highest BCUT2D eigenvalue weighted by atomic mass is 35.5. The number of hydrogen-bond donors (Lipinski definition) is 0. The first-order valence-electron chi connectivity index (χ1n) is 19.5. The number of quaternary nitrogens is 2. The number of hydrogen-bond acceptors (Lipinski definition) is 4. The summed E-state index contributed by atoms with van der Waals surface area (Å²) in [7, 11) is 0. The molecule has 2 spiro atoms. The zero-order valence-corrected chi connectivity index (χ0v) is 34.0. The lowest BCUT2D eigenvalue weighted by molar-refractivity contribution is -1.03. The molecule has 2 aromatic carbocycles. The van der Waals surface area contributed by atoms with Crippen LogP contribution in [0.3, 0.4) is 0 Å². The molecule has 8 nitrogen and oxygen atoms in total. The van der Waals surface area contributed by atoms with Gasteiger partial charge >= 0.3 is 0 Å². The number of rotatable bonds is 18. The van der Waals surface area contributed by atoms with Gasteiger partial charge in [0.25, 0.3) is 0 Å². The van der Waals surface area contributed by atoms with E-state index in [4.69, 9.17) is 46.4 Å². The molecule has 0 radical (unpaired) electrons. The fraction of sp³-hybridized carbons (Fsp3) is 0.650. The van der Waals surface area contributed by atoms with E-state index in [0.717, 1.165) is 125 Å². The van der Waals surface area contributed by atoms with Gasteiger partial charge in [0.15, 0.2) is 0 Å². The van der Waals surface area contributed by atoms with Crippen molar-refractivity contribution in [2.24, 2.45) is 0 Å². The van der Waals surface area contributed by atoms with Crippen LogP contribution in [0.15, 0.2) is 48.5 Å². The summed E-state index contributed by atoms with van der Waals surface area (Å²) in [6.45, 7) is 15.6. The zero-order chi connectivity index (χ0) is 36.8. The van der Waals surface area contributed by atoms with Gasteiger partial charge in [-0.15, -0.1) is 46.4 Å². The molecule has 5 rings (SSSR count). The number of alkyl halides is 4. The molecule has 3 saturated heterocycles. The van der Waals surface area contributed by atoms with Crippen LogP contribution in [-0.4, -0.2) is 159 Å². The number of amides is 2. The molecule has 0 atom stereocenters. The summed E-state index contributed by atoms with van der Waals surface area (Å²) in [5.74, 6) is 2.90. The van der Waals surface area contributed by atoms with Crippen molar-refractivity contribution in [1.29, 1.82) is 0 Å². The van der Waals surface area contributed by atoms with Gasteiger partial charge in [-0.2, -0.15) is 0 Å². The van der Waals surface area contributed by atoms with Crippen LogP contribution in [0, 0.1) is 0 Å². The van der Waals surface area contributed by atoms with Gasteiger partial charge < -0.3 is 28.6 Å². The molecule has 0 saturated carbocycles. The third-order valence-corrected chi connectivity index (χ3v) is 12.6. The molecule has 0 N–H and O–H groups in total. The lowest BCUT2D eigenvalue weighted by atomic mass is 10.1. The molecule has 3 aliphatic heterocycles. The van der Waals surface area contributed by atoms with Crippen molar-refractivity contribution in [2.75, 3.05) is 138 Å². The Bertz CT molecular complexity index is 1250. The minimum Gasteiger partial charge on any atom is -0.369 e. The van der Waals surface area contributed by atoms with Crippen LogP contribution in [0.2, 0.25) is 0 Å². The lowest BCUT2D eigenvalue weighted by Gasteiger charge is -2.54. The van der Waals surface area contributed by atoms with Gasteiger partial charge in [0.2, 0.25) is 11.8 Å². The van der Waals surface area contributed by atoms with Crippen molar-refractivity contribution in [1.82, 2.24) is 9.80 Å². The van der Waals surface area contributed by atoms with E-state index in [9.17, 15) is 9.59 Å². The number of anilines is 2. The van der Waals surface area contributed by atoms with Crippen molar-refractivity contribution in [3.63, 3.8) is 0 Å². The number of nitrogens with zero attached hydrogens (tertiary/aromatic N) is 6. The summed E-state index contributed by atoms with van der Waals surface area (Å²) in [5.41, 5.74) is 4.81. The van der Waals surface area contributed by atoms with Crippen molar-refractivity contribution >= 4 is 69.6 Å². The molecule has 52 heavy (non-hydrogen) atoms. The Kier molecular flexibility index (Phi) is 16.4. The molecule has 2 aromatic rings. The first-order chi connectivity index (χ1) is 25.3. The highest BCUT2D eigenvalue weighted by Crippen LogP contribution is 2.25. The van der Waals surface area contributed by atoms with E-state index in [1.165, 1.54) is 37.3 Å². The predicted octanol–water partition coefficient (Wildman–Crippen LogP) is 5.93. The summed E-state index contributed by atoms with van der Waals surface area (Å²) in [6, 6.07) is 17.2. The third kappa shape index (κ3) is 11.5. The van der Waals surface area contributed by atoms with Crippen molar-refractivity contribution in [3.8, 4) is 0 Å². The second kappa shape index (κ2) is 20.7. The number of aryl methyl sites for hydroxylation is 2. The Balaban J connectivity index is 0.962. The molecule has 288 valence electrons. The maximum Gasteiger partial charge on any atom is 0.222 e. The van der Waals surface area contributed by atoms with Gasteiger partial charge in [-0.05, 0) is 61.1 Å². The summed E-state index contributed by atoms with van der Waals surface area (Å²) in [5, 5.41) is 0. The minimum absolute atomic E-state index is 0.302. The maximum absolute atomic E-state index is 13.1. The second-order valence-corrected chi connectivity index (χ2v) is 16.5. The molecule has 3 fully saturated rings. The number of carbonyl (C=O) groups excluding carboxylic acids is 2. The highest BCUT2D eigenvalue weighted by molar-refractivity contribution is 6.19. The SMILES string of the molecule is O=C(CCCc1ccc(N(CCCl)CCCl)cc1)N1CC[N+]2(CC1)CC[N+]1(CCN(C(=O)CCCc3ccc(N(CCCl)CCCl)cc3)CC1)CC2. The van der Waals surface area contributed by atoms with E-state index in [1.54, 1.807) is 0 Å². The molecule has 0 aliphatic carbocycles. The van der Waals surface area contributed by atoms with E-state index in [1.807, 2.05) is 0 Å². The Morgan fingerprint density at radius 1 is 0.500 bits per heavy atom. The summed E-state index contributed by atoms with van der Waals surface area (Å²) < 4.78 is 2.31. The zero-order valence-electron chi connectivity index (χ0n) is 31.0. The van der Waals surface area contributed by atoms with E-state index in [0.29, 0.717) is 48.2 Å². The molecule has 12 heteroatoms. The predicted molar refractivity (Wildman–Crippen MR) is 219 cm³/mol. The third-order valence-electron chi connectivity index (χ3n) is 11.9. The van der Waals surface area contributed by atoms with Crippen LogP contribution in [0.25, 0.3) is 0 Å². The number of halogens is 4. The smallest absolute Gasteiger partial charge is 0.222 e. The topological polar surface area (TPSA) is 47.1 Å². The fourth-order valence-corrected chi connectivity index (χ4v) is 9.16. The molecule has 0 bridgehead atoms. The normalized spacial score (nSPS) is 18.2. The monoisotopic (exact) mass is 796 g/mol. The van der Waals surface area contributed by atoms with Crippen LogP contribution < -0.4 is 9.80 Å². The molecule has 2 amide bonds. The minimum atomic E-state index is 0.302. The van der Waals surface area contributed by atoms with Gasteiger partial charge in [-0.3, -0.25) is 9.59 Å². The Morgan fingerprint density at radius 3 is 1.10 bits per heavy atom. The average molecular weight is 799 g/mol. The first kappa shape index (κ1) is 41.2. The standard InChI is InChI=1S/C40H60Cl4N6O2/c41-15-19-45(20-16-42)37-11-7-35(8-12-37)3-1-5-39(51)47-23-27-49(28-24-47)31-33-50(34-32-49)29-25-48(26-30-50)40(52)6-2-4-36-9-13-38(14-10-36)46(21-17-43)22-18-44/h7-14H,1-6,15-34H2/q+2. The maximum atomic E-state index is 13.1. The number of benzene rings is 2. The van der Waals surface area contributed by atoms with Crippen molar-refractivity contribution in [2.45, 2.75) is 38.5 Å². The quantitative estimate of drug-likeness (QED) is 0.139. The van der Waals surface area contributed by atoms with Gasteiger partial charge in [-0.25, -0.2) is 0 Å². The summed E-state index contributed by atoms with van der Waals surface area (Å²) in [4.78, 5) is 34.9. The number of piperazine rings is 3. The highest BCUT2D eigenvalue weighted by Gasteiger charge is 2.45. The molecular weight excluding hydrogens is 738 g/mol. The van der Waals surface area contributed by atoms with Crippen LogP contribution in [0.4, 0.5) is 11.4 Å². The average Bonchev–Trinajstić information content (AvgIpc) is 3.17. The van der Waals surface area contributed by atoms with E-state index < -0.39 is 0 Å². The van der Waals surface area contributed by atoms with Crippen LogP contribution in [-0.2, 0) is 22.4 Å². The summed E-state index contributed by atoms with van der Waals surface area (Å²) in [6.07, 6.45) is 4.79. The van der Waals surface area contributed by atoms with E-state index >= 15 is 0 Å². The van der Waals surface area contributed by atoms with Crippen LogP contribution in [0.5, 0.6) is 0 Å². The van der Waals surface area contributed by atoms with Crippen molar-refractivity contribution < 1.29 is 18.6 Å². The van der Waals surface area contributed by atoms with E-state index in [-0.39, 0.29) is 0 Å². The molecule has 0 unspecified atom stereocenters. The molecule has 3 heterocycles. The second-order valence-electron chi connectivity index (χ2n) is 15.0. The van der Waals surface area contributed by atoms with E-state index in [2.05, 4.69) is 68.1 Å². The Labute approximate surface area is 332 Å².